The van der Waals surface area contributed by atoms with E-state index in [9.17, 15) is 0 Å². The number of nitrogens with zero attached hydrogens (tertiary/aromatic N) is 3. The Morgan fingerprint density at radius 2 is 2.25 bits per heavy atom. The predicted molar refractivity (Wildman–Crippen MR) is 77.2 cm³/mol. The summed E-state index contributed by atoms with van der Waals surface area (Å²) in [7, 11) is 1.94. The second kappa shape index (κ2) is 7.31. The van der Waals surface area contributed by atoms with E-state index in [1.165, 1.54) is 0 Å². The third-order valence-electron chi connectivity index (χ3n) is 2.93. The van der Waals surface area contributed by atoms with E-state index in [1.807, 2.05) is 35.9 Å². The highest BCUT2D eigenvalue weighted by molar-refractivity contribution is 5.33. The molecule has 0 atom stereocenters. The normalized spacial score (nSPS) is 10.2. The molecule has 104 valence electrons. The van der Waals surface area contributed by atoms with Gasteiger partial charge >= 0.3 is 0 Å². The Balaban J connectivity index is 1.82. The van der Waals surface area contributed by atoms with E-state index in [2.05, 4.69) is 21.4 Å². The van der Waals surface area contributed by atoms with Crippen molar-refractivity contribution in [3.05, 3.63) is 42.0 Å². The number of ether oxygens (including phenoxy) is 1. The van der Waals surface area contributed by atoms with Gasteiger partial charge in [-0.05, 0) is 6.07 Å². The quantitative estimate of drug-likeness (QED) is 0.606. The molecule has 2 rings (SSSR count). The summed E-state index contributed by atoms with van der Waals surface area (Å²) < 4.78 is 7.43. The van der Waals surface area contributed by atoms with Gasteiger partial charge < -0.3 is 14.6 Å². The molecule has 1 aromatic heterocycles. The molecule has 5 heteroatoms. The Bertz CT molecular complexity index is 586. The monoisotopic (exact) mass is 270 g/mol. The summed E-state index contributed by atoms with van der Waals surface area (Å²) in [6.45, 7) is 1.85. The van der Waals surface area contributed by atoms with Gasteiger partial charge in [-0.3, -0.25) is 0 Å². The van der Waals surface area contributed by atoms with Crippen LogP contribution in [0, 0.1) is 12.3 Å². The van der Waals surface area contributed by atoms with Crippen LogP contribution in [0.4, 0.5) is 0 Å². The maximum atomic E-state index is 5.51. The molecule has 0 spiro atoms. The molecule has 0 aliphatic carbocycles. The van der Waals surface area contributed by atoms with Crippen LogP contribution in [0.25, 0.3) is 0 Å². The topological polar surface area (TPSA) is 52.0 Å². The van der Waals surface area contributed by atoms with Gasteiger partial charge in [-0.2, -0.15) is 0 Å². The summed E-state index contributed by atoms with van der Waals surface area (Å²) in [5, 5.41) is 11.3. The molecule has 0 aliphatic heterocycles. The number of hydrogen-bond acceptors (Lipinski definition) is 4. The maximum absolute atomic E-state index is 5.51. The molecular weight excluding hydrogens is 252 g/mol. The molecule has 0 saturated heterocycles. The van der Waals surface area contributed by atoms with Crippen LogP contribution < -0.4 is 10.1 Å². The first-order valence-electron chi connectivity index (χ1n) is 6.49. The molecule has 1 N–H and O–H groups in total. The Morgan fingerprint density at radius 1 is 1.40 bits per heavy atom. The van der Waals surface area contributed by atoms with Crippen LogP contribution >= 0.6 is 0 Å². The van der Waals surface area contributed by atoms with Crippen LogP contribution in [-0.2, 0) is 20.0 Å². The van der Waals surface area contributed by atoms with Crippen molar-refractivity contribution in [1.29, 1.82) is 0 Å². The first-order chi connectivity index (χ1) is 9.81. The van der Waals surface area contributed by atoms with Crippen LogP contribution in [0.5, 0.6) is 5.75 Å². The lowest BCUT2D eigenvalue weighted by Gasteiger charge is -2.10. The highest BCUT2D eigenvalue weighted by atomic mass is 16.5. The van der Waals surface area contributed by atoms with Crippen molar-refractivity contribution >= 4 is 0 Å². The molecule has 1 aromatic carbocycles. The Kier molecular flexibility index (Phi) is 5.15. The molecule has 0 radical (unpaired) electrons. The lowest BCUT2D eigenvalue weighted by atomic mass is 10.2. The zero-order valence-electron chi connectivity index (χ0n) is 11.5. The van der Waals surface area contributed by atoms with Crippen LogP contribution in [0.2, 0.25) is 0 Å². The molecule has 0 aliphatic rings. The van der Waals surface area contributed by atoms with Gasteiger partial charge in [-0.1, -0.05) is 24.1 Å². The van der Waals surface area contributed by atoms with Crippen molar-refractivity contribution in [2.24, 2.45) is 7.05 Å². The molecule has 20 heavy (non-hydrogen) atoms. The first-order valence-corrected chi connectivity index (χ1v) is 6.49. The second-order valence-electron chi connectivity index (χ2n) is 4.39. The molecule has 2 aromatic rings. The molecule has 0 unspecified atom stereocenters. The molecule has 0 bridgehead atoms. The average molecular weight is 270 g/mol. The minimum absolute atomic E-state index is 0.288. The Hall–Kier alpha value is -2.32. The van der Waals surface area contributed by atoms with Gasteiger partial charge in [0, 0.05) is 32.1 Å². The summed E-state index contributed by atoms with van der Waals surface area (Å²) >= 11 is 0. The van der Waals surface area contributed by atoms with Crippen LogP contribution in [0.1, 0.15) is 11.4 Å². The van der Waals surface area contributed by atoms with Crippen LogP contribution in [0.15, 0.2) is 30.6 Å². The summed E-state index contributed by atoms with van der Waals surface area (Å²) in [4.78, 5) is 0. The van der Waals surface area contributed by atoms with Gasteiger partial charge in [0.2, 0.25) is 0 Å². The van der Waals surface area contributed by atoms with Gasteiger partial charge in [0.15, 0.2) is 0 Å². The van der Waals surface area contributed by atoms with Gasteiger partial charge in [-0.15, -0.1) is 16.6 Å². The number of hydrogen-bond donors (Lipinski definition) is 1. The SMILES string of the molecule is C#CCOc1ccccc1CNCCc1nncn1C. The fourth-order valence-corrected chi connectivity index (χ4v) is 1.87. The summed E-state index contributed by atoms with van der Waals surface area (Å²) in [6.07, 6.45) is 7.75. The standard InChI is InChI=1S/C15H18N4O/c1-3-10-20-14-7-5-4-6-13(14)11-16-9-8-15-18-17-12-19(15)2/h1,4-7,12,16H,8-11H2,2H3. The highest BCUT2D eigenvalue weighted by Gasteiger charge is 2.03. The summed E-state index contributed by atoms with van der Waals surface area (Å²) in [5.74, 6) is 4.27. The van der Waals surface area contributed by atoms with E-state index in [-0.39, 0.29) is 6.61 Å². The van der Waals surface area contributed by atoms with Gasteiger partial charge in [-0.25, -0.2) is 0 Å². The van der Waals surface area contributed by atoms with E-state index in [0.29, 0.717) is 0 Å². The zero-order valence-corrected chi connectivity index (χ0v) is 11.5. The number of aryl methyl sites for hydroxylation is 1. The number of nitrogens with one attached hydrogen (secondary N) is 1. The maximum Gasteiger partial charge on any atom is 0.148 e. The minimum Gasteiger partial charge on any atom is -0.481 e. The lowest BCUT2D eigenvalue weighted by molar-refractivity contribution is 0.365. The average Bonchev–Trinajstić information content (AvgIpc) is 2.88. The van der Waals surface area contributed by atoms with E-state index in [1.54, 1.807) is 6.33 Å². The molecule has 5 nitrogen and oxygen atoms in total. The lowest BCUT2D eigenvalue weighted by Crippen LogP contribution is -2.18. The van der Waals surface area contributed by atoms with Crippen molar-refractivity contribution in [1.82, 2.24) is 20.1 Å². The van der Waals surface area contributed by atoms with E-state index in [4.69, 9.17) is 11.2 Å². The van der Waals surface area contributed by atoms with E-state index >= 15 is 0 Å². The number of benzene rings is 1. The molecular formula is C15H18N4O. The Labute approximate surface area is 119 Å². The number of rotatable bonds is 7. The van der Waals surface area contributed by atoms with Crippen molar-refractivity contribution in [3.8, 4) is 18.1 Å². The number of aromatic nitrogens is 3. The fourth-order valence-electron chi connectivity index (χ4n) is 1.87. The van der Waals surface area contributed by atoms with Crippen molar-refractivity contribution in [3.63, 3.8) is 0 Å². The largest absolute Gasteiger partial charge is 0.481 e. The van der Waals surface area contributed by atoms with Crippen molar-refractivity contribution in [2.75, 3.05) is 13.2 Å². The van der Waals surface area contributed by atoms with E-state index < -0.39 is 0 Å². The summed E-state index contributed by atoms with van der Waals surface area (Å²) in [5.41, 5.74) is 1.10. The zero-order chi connectivity index (χ0) is 14.2. The van der Waals surface area contributed by atoms with Crippen molar-refractivity contribution < 1.29 is 4.74 Å². The van der Waals surface area contributed by atoms with Gasteiger partial charge in [0.25, 0.3) is 0 Å². The highest BCUT2D eigenvalue weighted by Crippen LogP contribution is 2.17. The number of para-hydroxylation sites is 1. The van der Waals surface area contributed by atoms with Gasteiger partial charge in [0.1, 0.15) is 24.5 Å². The van der Waals surface area contributed by atoms with Crippen LogP contribution in [0.3, 0.4) is 0 Å². The predicted octanol–water partition coefficient (Wildman–Crippen LogP) is 1.16. The minimum atomic E-state index is 0.288. The molecule has 1 heterocycles. The molecule has 0 saturated carbocycles. The molecule has 0 fully saturated rings. The third kappa shape index (κ3) is 3.84. The third-order valence-corrected chi connectivity index (χ3v) is 2.93. The first kappa shape index (κ1) is 14.1. The summed E-state index contributed by atoms with van der Waals surface area (Å²) in [6, 6.07) is 7.88. The smallest absolute Gasteiger partial charge is 0.148 e. The fraction of sp³-hybridized carbons (Fsp3) is 0.333. The number of terminal acetylenes is 1. The Morgan fingerprint density at radius 3 is 3.00 bits per heavy atom. The van der Waals surface area contributed by atoms with E-state index in [0.717, 1.165) is 36.6 Å². The van der Waals surface area contributed by atoms with Crippen molar-refractivity contribution in [2.45, 2.75) is 13.0 Å². The van der Waals surface area contributed by atoms with Gasteiger partial charge in [0.05, 0.1) is 0 Å². The molecule has 0 amide bonds. The second-order valence-corrected chi connectivity index (χ2v) is 4.39. The van der Waals surface area contributed by atoms with Crippen LogP contribution in [-0.4, -0.2) is 27.9 Å².